The third-order valence-corrected chi connectivity index (χ3v) is 4.75. The summed E-state index contributed by atoms with van der Waals surface area (Å²) in [6.07, 6.45) is 1.67. The number of thioether (sulfide) groups is 1. The van der Waals surface area contributed by atoms with Crippen LogP contribution in [-0.2, 0) is 4.79 Å². The van der Waals surface area contributed by atoms with E-state index in [4.69, 9.17) is 23.2 Å². The maximum atomic E-state index is 12.1. The molecule has 1 aliphatic rings. The predicted molar refractivity (Wildman–Crippen MR) is 83.4 cm³/mol. The molecule has 1 aliphatic heterocycles. The molecule has 0 bridgehead atoms. The molecule has 0 aliphatic carbocycles. The molecule has 1 fully saturated rings. The minimum absolute atomic E-state index is 0.0321. The van der Waals surface area contributed by atoms with Crippen LogP contribution >= 0.6 is 35.0 Å². The smallest absolute Gasteiger partial charge is 0.239 e. The SMILES string of the molecule is O=C1CSC(c2ccc(Cl)cc2Cl)N1c1ccccn1. The molecule has 0 spiro atoms. The van der Waals surface area contributed by atoms with Crippen LogP contribution in [0.2, 0.25) is 10.0 Å². The number of carbonyl (C=O) groups is 1. The van der Waals surface area contributed by atoms with Crippen molar-refractivity contribution in [3.63, 3.8) is 0 Å². The zero-order valence-electron chi connectivity index (χ0n) is 10.3. The van der Waals surface area contributed by atoms with Crippen LogP contribution in [0, 0.1) is 0 Å². The second kappa shape index (κ2) is 5.64. The van der Waals surface area contributed by atoms with Crippen molar-refractivity contribution >= 4 is 46.7 Å². The summed E-state index contributed by atoms with van der Waals surface area (Å²) in [5.41, 5.74) is 0.873. The number of aromatic nitrogens is 1. The van der Waals surface area contributed by atoms with Gasteiger partial charge in [-0.05, 0) is 24.3 Å². The fourth-order valence-corrected chi connectivity index (χ4v) is 3.88. The Balaban J connectivity index is 2.02. The van der Waals surface area contributed by atoms with Crippen molar-refractivity contribution < 1.29 is 4.79 Å². The normalized spacial score (nSPS) is 18.6. The Hall–Kier alpha value is -1.23. The number of nitrogens with zero attached hydrogens (tertiary/aromatic N) is 2. The highest BCUT2D eigenvalue weighted by molar-refractivity contribution is 8.00. The van der Waals surface area contributed by atoms with Crippen LogP contribution in [0.3, 0.4) is 0 Å². The van der Waals surface area contributed by atoms with E-state index in [1.165, 1.54) is 11.8 Å². The van der Waals surface area contributed by atoms with Crippen LogP contribution in [0.5, 0.6) is 0 Å². The number of halogens is 2. The summed E-state index contributed by atoms with van der Waals surface area (Å²) in [6, 6.07) is 10.8. The first kappa shape index (κ1) is 13.7. The van der Waals surface area contributed by atoms with E-state index in [1.807, 2.05) is 24.3 Å². The van der Waals surface area contributed by atoms with Crippen molar-refractivity contribution in [3.8, 4) is 0 Å². The number of benzene rings is 1. The van der Waals surface area contributed by atoms with Gasteiger partial charge in [0.15, 0.2) is 0 Å². The van der Waals surface area contributed by atoms with Crippen LogP contribution in [-0.4, -0.2) is 16.6 Å². The van der Waals surface area contributed by atoms with Crippen molar-refractivity contribution in [1.82, 2.24) is 4.98 Å². The molecule has 3 nitrogen and oxygen atoms in total. The third-order valence-electron chi connectivity index (χ3n) is 2.99. The number of amides is 1. The average Bonchev–Trinajstić information content (AvgIpc) is 2.81. The standard InChI is InChI=1S/C14H10Cl2N2OS/c15-9-4-5-10(11(16)7-9)14-18(13(19)8-20-14)12-3-1-2-6-17-12/h1-7,14H,8H2. The summed E-state index contributed by atoms with van der Waals surface area (Å²) in [4.78, 5) is 18.1. The molecule has 3 rings (SSSR count). The van der Waals surface area contributed by atoms with E-state index in [2.05, 4.69) is 4.98 Å². The van der Waals surface area contributed by atoms with Gasteiger partial charge in [0.2, 0.25) is 5.91 Å². The monoisotopic (exact) mass is 324 g/mol. The van der Waals surface area contributed by atoms with E-state index in [-0.39, 0.29) is 11.3 Å². The van der Waals surface area contributed by atoms with Gasteiger partial charge in [-0.25, -0.2) is 4.98 Å². The Labute approximate surface area is 130 Å². The van der Waals surface area contributed by atoms with Crippen LogP contribution in [0.25, 0.3) is 0 Å². The minimum atomic E-state index is -0.165. The molecule has 0 radical (unpaired) electrons. The second-order valence-electron chi connectivity index (χ2n) is 4.28. The van der Waals surface area contributed by atoms with Gasteiger partial charge in [0.1, 0.15) is 11.2 Å². The first-order valence-corrected chi connectivity index (χ1v) is 7.77. The molecule has 20 heavy (non-hydrogen) atoms. The first-order valence-electron chi connectivity index (χ1n) is 5.96. The Morgan fingerprint density at radius 1 is 1.25 bits per heavy atom. The zero-order chi connectivity index (χ0) is 14.1. The molecule has 1 aromatic carbocycles. The number of carbonyl (C=O) groups excluding carboxylic acids is 1. The molecule has 1 unspecified atom stereocenters. The predicted octanol–water partition coefficient (Wildman–Crippen LogP) is 4.17. The van der Waals surface area contributed by atoms with E-state index in [9.17, 15) is 4.79 Å². The lowest BCUT2D eigenvalue weighted by molar-refractivity contribution is -0.115. The molecule has 6 heteroatoms. The van der Waals surface area contributed by atoms with Crippen LogP contribution in [0.4, 0.5) is 5.82 Å². The van der Waals surface area contributed by atoms with E-state index in [0.29, 0.717) is 21.6 Å². The molecule has 1 atom stereocenters. The van der Waals surface area contributed by atoms with E-state index >= 15 is 0 Å². The highest BCUT2D eigenvalue weighted by atomic mass is 35.5. The van der Waals surface area contributed by atoms with E-state index in [1.54, 1.807) is 23.2 Å². The molecule has 1 amide bonds. The Morgan fingerprint density at radius 3 is 2.80 bits per heavy atom. The molecule has 0 N–H and O–H groups in total. The largest absolute Gasteiger partial charge is 0.279 e. The van der Waals surface area contributed by atoms with Crippen molar-refractivity contribution in [2.75, 3.05) is 10.7 Å². The van der Waals surface area contributed by atoms with Crippen molar-refractivity contribution in [3.05, 3.63) is 58.2 Å². The summed E-state index contributed by atoms with van der Waals surface area (Å²) in [6.45, 7) is 0. The van der Waals surface area contributed by atoms with Gasteiger partial charge < -0.3 is 0 Å². The maximum absolute atomic E-state index is 12.1. The fourth-order valence-electron chi connectivity index (χ4n) is 2.10. The lowest BCUT2D eigenvalue weighted by Crippen LogP contribution is -2.28. The summed E-state index contributed by atoms with van der Waals surface area (Å²) in [5.74, 6) is 1.09. The lowest BCUT2D eigenvalue weighted by Gasteiger charge is -2.24. The van der Waals surface area contributed by atoms with E-state index < -0.39 is 0 Å². The average molecular weight is 325 g/mol. The van der Waals surface area contributed by atoms with Crippen molar-refractivity contribution in [2.24, 2.45) is 0 Å². The van der Waals surface area contributed by atoms with Gasteiger partial charge in [-0.15, -0.1) is 11.8 Å². The second-order valence-corrected chi connectivity index (χ2v) is 6.19. The van der Waals surface area contributed by atoms with Crippen LogP contribution in [0.1, 0.15) is 10.9 Å². The Kier molecular flexibility index (Phi) is 3.87. The maximum Gasteiger partial charge on any atom is 0.239 e. The topological polar surface area (TPSA) is 33.2 Å². The van der Waals surface area contributed by atoms with Gasteiger partial charge in [0.25, 0.3) is 0 Å². The van der Waals surface area contributed by atoms with Crippen molar-refractivity contribution in [2.45, 2.75) is 5.37 Å². The van der Waals surface area contributed by atoms with Gasteiger partial charge in [-0.1, -0.05) is 35.3 Å². The van der Waals surface area contributed by atoms with Gasteiger partial charge in [0.05, 0.1) is 5.75 Å². The zero-order valence-corrected chi connectivity index (χ0v) is 12.6. The Morgan fingerprint density at radius 2 is 2.10 bits per heavy atom. The molecule has 2 heterocycles. The molecular weight excluding hydrogens is 315 g/mol. The molecular formula is C14H10Cl2N2OS. The summed E-state index contributed by atoms with van der Waals surface area (Å²) in [5, 5.41) is 0.977. The molecule has 1 aromatic heterocycles. The number of anilines is 1. The number of pyridine rings is 1. The highest BCUT2D eigenvalue weighted by Gasteiger charge is 2.35. The Bertz CT molecular complexity index is 651. The van der Waals surface area contributed by atoms with Crippen LogP contribution < -0.4 is 4.90 Å². The quantitative estimate of drug-likeness (QED) is 0.831. The van der Waals surface area contributed by atoms with Gasteiger partial charge in [-0.2, -0.15) is 0 Å². The first-order chi connectivity index (χ1) is 9.66. The van der Waals surface area contributed by atoms with Crippen LogP contribution in [0.15, 0.2) is 42.6 Å². The van der Waals surface area contributed by atoms with Gasteiger partial charge in [0, 0.05) is 21.8 Å². The highest BCUT2D eigenvalue weighted by Crippen LogP contribution is 2.43. The lowest BCUT2D eigenvalue weighted by atomic mass is 10.2. The molecule has 102 valence electrons. The van der Waals surface area contributed by atoms with Crippen molar-refractivity contribution in [1.29, 1.82) is 0 Å². The molecule has 2 aromatic rings. The minimum Gasteiger partial charge on any atom is -0.279 e. The third kappa shape index (κ3) is 2.51. The number of hydrogen-bond acceptors (Lipinski definition) is 3. The number of hydrogen-bond donors (Lipinski definition) is 0. The van der Waals surface area contributed by atoms with Gasteiger partial charge >= 0.3 is 0 Å². The molecule has 0 saturated carbocycles. The summed E-state index contributed by atoms with van der Waals surface area (Å²) < 4.78 is 0. The van der Waals surface area contributed by atoms with Gasteiger partial charge in [-0.3, -0.25) is 9.69 Å². The summed E-state index contributed by atoms with van der Waals surface area (Å²) in [7, 11) is 0. The fraction of sp³-hybridized carbons (Fsp3) is 0.143. The molecule has 1 saturated heterocycles. The summed E-state index contributed by atoms with van der Waals surface area (Å²) >= 11 is 13.7. The van der Waals surface area contributed by atoms with E-state index in [0.717, 1.165) is 5.56 Å². The number of rotatable bonds is 2.